The number of benzene rings is 3. The largest absolute Gasteiger partial charge is 0.478 e. The number of carboxylic acids is 1. The van der Waals surface area contributed by atoms with E-state index >= 15 is 0 Å². The van der Waals surface area contributed by atoms with Crippen LogP contribution in [0.5, 0.6) is 0 Å². The summed E-state index contributed by atoms with van der Waals surface area (Å²) in [5.74, 6) is -1.05. The first-order valence-corrected chi connectivity index (χ1v) is 9.28. The lowest BCUT2D eigenvalue weighted by Gasteiger charge is -2.16. The number of amides is 2. The van der Waals surface area contributed by atoms with Gasteiger partial charge in [0.25, 0.3) is 0 Å². The van der Waals surface area contributed by atoms with Crippen molar-refractivity contribution < 1.29 is 14.7 Å². The van der Waals surface area contributed by atoms with Crippen LogP contribution in [0.4, 0.5) is 10.5 Å². The first kappa shape index (κ1) is 19.9. The van der Waals surface area contributed by atoms with Crippen LogP contribution in [0, 0.1) is 0 Å². The van der Waals surface area contributed by atoms with Crippen molar-refractivity contribution in [1.29, 1.82) is 0 Å². The van der Waals surface area contributed by atoms with Gasteiger partial charge in [0.1, 0.15) is 0 Å². The van der Waals surface area contributed by atoms with E-state index in [4.69, 9.17) is 5.11 Å². The maximum Gasteiger partial charge on any atom is 0.328 e. The number of nitrogens with one attached hydrogen (secondary N) is 2. The molecule has 5 heteroatoms. The van der Waals surface area contributed by atoms with E-state index in [1.807, 2.05) is 84.9 Å². The molecule has 0 heterocycles. The van der Waals surface area contributed by atoms with Gasteiger partial charge in [-0.2, -0.15) is 0 Å². The van der Waals surface area contributed by atoms with Crippen molar-refractivity contribution in [2.45, 2.75) is 12.5 Å². The molecule has 0 aromatic heterocycles. The van der Waals surface area contributed by atoms with Crippen LogP contribution in [-0.4, -0.2) is 23.1 Å². The molecule has 0 aliphatic carbocycles. The second-order valence-corrected chi connectivity index (χ2v) is 6.54. The molecule has 3 aromatic carbocycles. The summed E-state index contributed by atoms with van der Waals surface area (Å²) in [6.45, 7) is 0. The van der Waals surface area contributed by atoms with E-state index in [9.17, 15) is 9.59 Å². The zero-order valence-electron chi connectivity index (χ0n) is 15.8. The van der Waals surface area contributed by atoms with E-state index < -0.39 is 18.0 Å². The first-order valence-electron chi connectivity index (χ1n) is 9.28. The molecule has 1 atom stereocenters. The predicted molar refractivity (Wildman–Crippen MR) is 115 cm³/mol. The van der Waals surface area contributed by atoms with Crippen LogP contribution in [0.2, 0.25) is 0 Å². The maximum atomic E-state index is 12.4. The third kappa shape index (κ3) is 6.36. The summed E-state index contributed by atoms with van der Waals surface area (Å²) in [4.78, 5) is 23.3. The van der Waals surface area contributed by atoms with Crippen molar-refractivity contribution in [2.24, 2.45) is 0 Å². The Morgan fingerprint density at radius 2 is 1.41 bits per heavy atom. The molecule has 146 valence electrons. The summed E-state index contributed by atoms with van der Waals surface area (Å²) in [7, 11) is 0. The fourth-order valence-corrected chi connectivity index (χ4v) is 2.95. The molecule has 0 bridgehead atoms. The van der Waals surface area contributed by atoms with E-state index in [2.05, 4.69) is 10.6 Å². The minimum Gasteiger partial charge on any atom is -0.478 e. The Morgan fingerprint density at radius 3 is 2.03 bits per heavy atom. The molecule has 0 saturated heterocycles. The molecule has 5 nitrogen and oxygen atoms in total. The molecule has 0 aliphatic rings. The van der Waals surface area contributed by atoms with Crippen molar-refractivity contribution in [3.63, 3.8) is 0 Å². The summed E-state index contributed by atoms with van der Waals surface area (Å²) < 4.78 is 0. The Kier molecular flexibility index (Phi) is 6.79. The summed E-state index contributed by atoms with van der Waals surface area (Å²) in [6.07, 6.45) is 3.01. The number of carbonyl (C=O) groups excluding carboxylic acids is 1. The zero-order chi connectivity index (χ0) is 20.5. The number of aliphatic carboxylic acids is 1. The molecule has 0 spiro atoms. The second-order valence-electron chi connectivity index (χ2n) is 6.54. The Hall–Kier alpha value is -3.86. The van der Waals surface area contributed by atoms with E-state index in [1.165, 1.54) is 6.08 Å². The highest BCUT2D eigenvalue weighted by Crippen LogP contribution is 2.21. The van der Waals surface area contributed by atoms with Crippen molar-refractivity contribution in [2.75, 3.05) is 5.32 Å². The number of carboxylic acid groups (broad SMARTS) is 1. The van der Waals surface area contributed by atoms with Crippen LogP contribution in [0.15, 0.2) is 97.1 Å². The number of rotatable bonds is 7. The highest BCUT2D eigenvalue weighted by atomic mass is 16.4. The standard InChI is InChI=1S/C24H22N2O3/c27-23(28)16-15-22(17-18-7-3-1-4-8-18)26-24(29)25-21-13-11-20(12-14-21)19-9-5-2-6-10-19/h1-16,22H,17H2,(H,27,28)(H2,25,26,29). The van der Waals surface area contributed by atoms with Gasteiger partial charge in [-0.05, 0) is 35.2 Å². The lowest BCUT2D eigenvalue weighted by Crippen LogP contribution is -2.38. The van der Waals surface area contributed by atoms with Gasteiger partial charge < -0.3 is 15.7 Å². The smallest absolute Gasteiger partial charge is 0.328 e. The Bertz CT molecular complexity index is 968. The minimum absolute atomic E-state index is 0.395. The summed E-state index contributed by atoms with van der Waals surface area (Å²) in [6, 6.07) is 26.3. The first-order chi connectivity index (χ1) is 14.1. The normalized spacial score (nSPS) is 11.7. The van der Waals surface area contributed by atoms with Gasteiger partial charge in [0.15, 0.2) is 0 Å². The topological polar surface area (TPSA) is 78.4 Å². The van der Waals surface area contributed by atoms with Crippen molar-refractivity contribution in [3.8, 4) is 11.1 Å². The second kappa shape index (κ2) is 9.90. The molecule has 29 heavy (non-hydrogen) atoms. The quantitative estimate of drug-likeness (QED) is 0.514. The van der Waals surface area contributed by atoms with E-state index in [-0.39, 0.29) is 0 Å². The Morgan fingerprint density at radius 1 is 0.828 bits per heavy atom. The van der Waals surface area contributed by atoms with E-state index in [0.717, 1.165) is 22.8 Å². The number of anilines is 1. The molecule has 0 saturated carbocycles. The van der Waals surface area contributed by atoms with Gasteiger partial charge in [-0.15, -0.1) is 0 Å². The molecule has 3 rings (SSSR count). The Balaban J connectivity index is 1.63. The van der Waals surface area contributed by atoms with Gasteiger partial charge in [0, 0.05) is 11.8 Å². The highest BCUT2D eigenvalue weighted by molar-refractivity contribution is 5.90. The molecular formula is C24H22N2O3. The van der Waals surface area contributed by atoms with E-state index in [1.54, 1.807) is 0 Å². The fraction of sp³-hybridized carbons (Fsp3) is 0.0833. The van der Waals surface area contributed by atoms with Gasteiger partial charge >= 0.3 is 12.0 Å². The zero-order valence-corrected chi connectivity index (χ0v) is 15.8. The number of carbonyl (C=O) groups is 2. The van der Waals surface area contributed by atoms with Crippen LogP contribution < -0.4 is 10.6 Å². The lowest BCUT2D eigenvalue weighted by molar-refractivity contribution is -0.131. The van der Waals surface area contributed by atoms with Gasteiger partial charge in [-0.3, -0.25) is 0 Å². The van der Waals surface area contributed by atoms with E-state index in [0.29, 0.717) is 12.1 Å². The van der Waals surface area contributed by atoms with Gasteiger partial charge in [-0.1, -0.05) is 78.9 Å². The molecule has 0 fully saturated rings. The van der Waals surface area contributed by atoms with Crippen LogP contribution in [0.25, 0.3) is 11.1 Å². The lowest BCUT2D eigenvalue weighted by atomic mass is 10.1. The maximum absolute atomic E-state index is 12.4. The average molecular weight is 386 g/mol. The Labute approximate surface area is 169 Å². The van der Waals surface area contributed by atoms with Gasteiger partial charge in [0.2, 0.25) is 0 Å². The minimum atomic E-state index is -1.05. The van der Waals surface area contributed by atoms with Crippen LogP contribution in [-0.2, 0) is 11.2 Å². The van der Waals surface area contributed by atoms with Crippen LogP contribution in [0.1, 0.15) is 5.56 Å². The van der Waals surface area contributed by atoms with Crippen molar-refractivity contribution >= 4 is 17.7 Å². The number of hydrogen-bond donors (Lipinski definition) is 3. The van der Waals surface area contributed by atoms with Crippen molar-refractivity contribution in [3.05, 3.63) is 103 Å². The molecule has 3 aromatic rings. The average Bonchev–Trinajstić information content (AvgIpc) is 2.74. The summed E-state index contributed by atoms with van der Waals surface area (Å²) >= 11 is 0. The number of hydrogen-bond acceptors (Lipinski definition) is 2. The number of urea groups is 1. The third-order valence-electron chi connectivity index (χ3n) is 4.34. The summed E-state index contributed by atoms with van der Waals surface area (Å²) in [5.41, 5.74) is 3.82. The highest BCUT2D eigenvalue weighted by Gasteiger charge is 2.11. The molecule has 3 N–H and O–H groups in total. The molecule has 0 radical (unpaired) electrons. The SMILES string of the molecule is O=C(O)C=CC(Cc1ccccc1)NC(=O)Nc1ccc(-c2ccccc2)cc1. The molecule has 1 unspecified atom stereocenters. The van der Waals surface area contributed by atoms with Crippen LogP contribution >= 0.6 is 0 Å². The van der Waals surface area contributed by atoms with Gasteiger partial charge in [0.05, 0.1) is 6.04 Å². The van der Waals surface area contributed by atoms with Crippen LogP contribution in [0.3, 0.4) is 0 Å². The predicted octanol–water partition coefficient (Wildman–Crippen LogP) is 4.73. The van der Waals surface area contributed by atoms with Gasteiger partial charge in [-0.25, -0.2) is 9.59 Å². The third-order valence-corrected chi connectivity index (χ3v) is 4.34. The molecule has 2 amide bonds. The molecular weight excluding hydrogens is 364 g/mol. The fourth-order valence-electron chi connectivity index (χ4n) is 2.95. The molecule has 0 aliphatic heterocycles. The summed E-state index contributed by atoms with van der Waals surface area (Å²) in [5, 5.41) is 14.5. The van der Waals surface area contributed by atoms with Crippen molar-refractivity contribution in [1.82, 2.24) is 5.32 Å². The monoisotopic (exact) mass is 386 g/mol.